The molecule has 10 aromatic rings. The third-order valence-corrected chi connectivity index (χ3v) is 13.9. The van der Waals surface area contributed by atoms with E-state index in [9.17, 15) is 0 Å². The highest BCUT2D eigenvalue weighted by Crippen LogP contribution is 2.56. The van der Waals surface area contributed by atoms with Gasteiger partial charge in [-0.15, -0.1) is 22.7 Å². The Hall–Kier alpha value is -6.73. The number of thiophene rings is 2. The van der Waals surface area contributed by atoms with Gasteiger partial charge >= 0.3 is 14.0 Å². The number of rotatable bonds is 6. The van der Waals surface area contributed by atoms with Crippen LogP contribution in [0.1, 0.15) is 0 Å². The van der Waals surface area contributed by atoms with Crippen LogP contribution in [0.5, 0.6) is 0 Å². The Bertz CT molecular complexity index is 2910. The maximum atomic E-state index is 2.55. The predicted molar refractivity (Wildman–Crippen MR) is 253 cm³/mol. The Morgan fingerprint density at radius 3 is 1.02 bits per heavy atom. The smallest absolute Gasteiger partial charge is 0.359 e. The van der Waals surface area contributed by atoms with Crippen LogP contribution in [0.15, 0.2) is 206 Å². The molecule has 4 heterocycles. The van der Waals surface area contributed by atoms with E-state index in [1.165, 1.54) is 86.0 Å². The van der Waals surface area contributed by atoms with Gasteiger partial charge in [-0.25, -0.2) is 0 Å². The van der Waals surface area contributed by atoms with Crippen LogP contribution < -0.4 is 30.2 Å². The maximum absolute atomic E-state index is 2.55. The van der Waals surface area contributed by atoms with Gasteiger partial charge in [0.25, 0.3) is 0 Å². The van der Waals surface area contributed by atoms with Crippen LogP contribution in [-0.4, -0.2) is 14.0 Å². The quantitative estimate of drug-likeness (QED) is 0.156. The lowest BCUT2D eigenvalue weighted by Crippen LogP contribution is -2.53. The lowest BCUT2D eigenvalue weighted by Gasteiger charge is -2.31. The molecule has 272 valence electrons. The zero-order valence-corrected chi connectivity index (χ0v) is 33.0. The average molecular weight is 777 g/mol. The summed E-state index contributed by atoms with van der Waals surface area (Å²) in [4.78, 5) is 10.2. The minimum atomic E-state index is -0.0824. The van der Waals surface area contributed by atoms with E-state index < -0.39 is 0 Å². The van der Waals surface area contributed by atoms with Crippen LogP contribution in [0.2, 0.25) is 0 Å². The number of hydrogen-bond donors (Lipinski definition) is 0. The third-order valence-electron chi connectivity index (χ3n) is 11.6. The number of hydrogen-bond acceptors (Lipinski definition) is 6. The van der Waals surface area contributed by atoms with Crippen molar-refractivity contribution in [2.24, 2.45) is 0 Å². The van der Waals surface area contributed by atoms with Gasteiger partial charge in [-0.1, -0.05) is 146 Å². The molecule has 4 nitrogen and oxygen atoms in total. The molecule has 0 bridgehead atoms. The van der Waals surface area contributed by atoms with Gasteiger partial charge in [0.1, 0.15) is 10.0 Å². The van der Waals surface area contributed by atoms with E-state index >= 15 is 0 Å². The summed E-state index contributed by atoms with van der Waals surface area (Å²) in [6.45, 7) is -0.165. The summed E-state index contributed by atoms with van der Waals surface area (Å²) in [5.41, 5.74) is 9.72. The summed E-state index contributed by atoms with van der Waals surface area (Å²) >= 11 is 3.75. The fraction of sp³-hybridized carbons (Fsp3) is 0. The molecular formula is C50H34B2N4S2. The Morgan fingerprint density at radius 1 is 0.310 bits per heavy atom. The van der Waals surface area contributed by atoms with Crippen LogP contribution in [0.3, 0.4) is 0 Å². The van der Waals surface area contributed by atoms with Crippen molar-refractivity contribution in [3.8, 4) is 0 Å². The van der Waals surface area contributed by atoms with Crippen LogP contribution >= 0.6 is 22.7 Å². The first-order chi connectivity index (χ1) is 28.8. The van der Waals surface area contributed by atoms with Crippen LogP contribution in [0, 0.1) is 0 Å². The fourth-order valence-electron chi connectivity index (χ4n) is 9.14. The molecule has 0 radical (unpaired) electrons. The van der Waals surface area contributed by atoms with E-state index in [2.05, 4.69) is 226 Å². The molecule has 2 aliphatic heterocycles. The highest BCUT2D eigenvalue weighted by atomic mass is 32.1. The lowest BCUT2D eigenvalue weighted by atomic mass is 9.63. The van der Waals surface area contributed by atoms with E-state index in [0.29, 0.717) is 0 Å². The molecule has 0 saturated heterocycles. The zero-order valence-electron chi connectivity index (χ0n) is 31.4. The summed E-state index contributed by atoms with van der Waals surface area (Å²) in [7, 11) is 0. The first-order valence-electron chi connectivity index (χ1n) is 19.7. The largest absolute Gasteiger partial charge is 0.421 e. The standard InChI is InChI=1S/C50H34B2N4S2/c1-5-17-39(18-6-1)53-47-43-25-13-15-27-45(43)57-49(47)55(41-21-9-3-10-22-41)51(53)37-31-29-36-34-38(32-30-35(36)33-37)52-54(40-19-7-2-8-20-40)48-44-26-14-16-28-46(44)58-50(48)56(52)42-23-11-4-12-24-42/h1-34H. The Morgan fingerprint density at radius 2 is 0.638 bits per heavy atom. The van der Waals surface area contributed by atoms with Gasteiger partial charge in [-0.05, 0) is 82.4 Å². The van der Waals surface area contributed by atoms with Crippen molar-refractivity contribution < 1.29 is 0 Å². The first-order valence-corrected chi connectivity index (χ1v) is 21.4. The first kappa shape index (κ1) is 33.4. The van der Waals surface area contributed by atoms with Gasteiger partial charge in [-0.2, -0.15) is 0 Å². The van der Waals surface area contributed by atoms with Gasteiger partial charge in [0.15, 0.2) is 0 Å². The van der Waals surface area contributed by atoms with Crippen molar-refractivity contribution in [1.82, 2.24) is 0 Å². The molecule has 8 aromatic carbocycles. The van der Waals surface area contributed by atoms with Crippen LogP contribution in [-0.2, 0) is 0 Å². The molecule has 0 amide bonds. The molecule has 8 heteroatoms. The topological polar surface area (TPSA) is 13.0 Å². The summed E-state index contributed by atoms with van der Waals surface area (Å²) in [6.07, 6.45) is 0. The molecule has 0 fully saturated rings. The number of para-hydroxylation sites is 4. The van der Waals surface area contributed by atoms with Crippen molar-refractivity contribution in [3.05, 3.63) is 206 Å². The normalized spacial score (nSPS) is 13.7. The Balaban J connectivity index is 1.02. The average Bonchev–Trinajstić information content (AvgIpc) is 4.04. The monoisotopic (exact) mass is 776 g/mol. The van der Waals surface area contributed by atoms with Gasteiger partial charge in [-0.3, -0.25) is 0 Å². The molecule has 2 aromatic heterocycles. The SMILES string of the molecule is c1ccc(N2B(c3ccc4cc(B5N(c6ccccc6)c6sc7ccccc7c6N5c5ccccc5)ccc4c3)N(c3ccccc3)c3c2sc2ccccc32)cc1. The van der Waals surface area contributed by atoms with Crippen molar-refractivity contribution in [1.29, 1.82) is 0 Å². The molecule has 0 saturated carbocycles. The van der Waals surface area contributed by atoms with E-state index in [1.807, 2.05) is 22.7 Å². The molecule has 2 aliphatic rings. The van der Waals surface area contributed by atoms with Crippen molar-refractivity contribution in [3.63, 3.8) is 0 Å². The van der Waals surface area contributed by atoms with E-state index in [-0.39, 0.29) is 14.0 Å². The molecule has 0 aliphatic carbocycles. The second-order valence-corrected chi connectivity index (χ2v) is 17.0. The number of fused-ring (bicyclic) bond motifs is 7. The highest BCUT2D eigenvalue weighted by Gasteiger charge is 2.47. The Kier molecular flexibility index (Phi) is 7.75. The second-order valence-electron chi connectivity index (χ2n) is 14.9. The zero-order chi connectivity index (χ0) is 38.2. The summed E-state index contributed by atoms with van der Waals surface area (Å²) < 4.78 is 2.59. The minimum Gasteiger partial charge on any atom is -0.359 e. The molecular weight excluding hydrogens is 742 g/mol. The molecule has 0 spiro atoms. The molecule has 0 N–H and O–H groups in total. The summed E-state index contributed by atoms with van der Waals surface area (Å²) in [5.74, 6) is 0. The number of anilines is 8. The van der Waals surface area contributed by atoms with E-state index in [4.69, 9.17) is 0 Å². The fourth-order valence-corrected chi connectivity index (χ4v) is 11.6. The van der Waals surface area contributed by atoms with Gasteiger partial charge in [0.05, 0.1) is 11.4 Å². The van der Waals surface area contributed by atoms with Gasteiger partial charge in [0, 0.05) is 42.9 Å². The number of nitrogens with zero attached hydrogens (tertiary/aromatic N) is 4. The maximum Gasteiger partial charge on any atom is 0.421 e. The van der Waals surface area contributed by atoms with Gasteiger partial charge in [0.2, 0.25) is 0 Å². The number of benzene rings is 8. The Labute approximate surface area is 346 Å². The van der Waals surface area contributed by atoms with Crippen molar-refractivity contribution in [2.45, 2.75) is 0 Å². The summed E-state index contributed by atoms with van der Waals surface area (Å²) in [6, 6.07) is 75.4. The van der Waals surface area contributed by atoms with E-state index in [1.54, 1.807) is 0 Å². The second kappa shape index (κ2) is 13.4. The lowest BCUT2D eigenvalue weighted by molar-refractivity contribution is 1.40. The predicted octanol–water partition coefficient (Wildman–Crippen LogP) is 12.6. The minimum absolute atomic E-state index is 0.0824. The molecule has 0 atom stereocenters. The van der Waals surface area contributed by atoms with Crippen molar-refractivity contribution in [2.75, 3.05) is 19.2 Å². The molecule has 12 rings (SSSR count). The third kappa shape index (κ3) is 5.15. The van der Waals surface area contributed by atoms with Crippen LogP contribution in [0.25, 0.3) is 30.9 Å². The molecule has 0 unspecified atom stereocenters. The van der Waals surface area contributed by atoms with E-state index in [0.717, 1.165) is 0 Å². The molecule has 58 heavy (non-hydrogen) atoms. The highest BCUT2D eigenvalue weighted by molar-refractivity contribution is 7.26. The summed E-state index contributed by atoms with van der Waals surface area (Å²) in [5, 5.41) is 7.53. The van der Waals surface area contributed by atoms with Crippen LogP contribution in [0.4, 0.5) is 44.1 Å². The van der Waals surface area contributed by atoms with Crippen molar-refractivity contribution >= 4 is 123 Å². The van der Waals surface area contributed by atoms with Gasteiger partial charge < -0.3 is 19.2 Å².